The molecule has 0 unspecified atom stereocenters. The van der Waals surface area contributed by atoms with E-state index in [1.165, 1.54) is 18.0 Å². The first-order valence-corrected chi connectivity index (χ1v) is 8.27. The molecule has 5 nitrogen and oxygen atoms in total. The van der Waals surface area contributed by atoms with Gasteiger partial charge in [-0.25, -0.2) is 9.78 Å². The molecule has 0 radical (unpaired) electrons. The van der Waals surface area contributed by atoms with Gasteiger partial charge in [0, 0.05) is 24.5 Å². The Kier molecular flexibility index (Phi) is 3.57. The van der Waals surface area contributed by atoms with Crippen molar-refractivity contribution in [2.24, 2.45) is 7.05 Å². The van der Waals surface area contributed by atoms with E-state index in [2.05, 4.69) is 40.3 Å². The van der Waals surface area contributed by atoms with Crippen LogP contribution in [0.4, 0.5) is 0 Å². The van der Waals surface area contributed by atoms with E-state index in [-0.39, 0.29) is 5.97 Å². The average molecular weight is 333 g/mol. The summed E-state index contributed by atoms with van der Waals surface area (Å²) in [6.07, 6.45) is 0. The van der Waals surface area contributed by atoms with E-state index < -0.39 is 0 Å². The van der Waals surface area contributed by atoms with Gasteiger partial charge in [0.15, 0.2) is 5.82 Å². The third kappa shape index (κ3) is 2.31. The molecule has 0 bridgehead atoms. The lowest BCUT2D eigenvalue weighted by Crippen LogP contribution is -2.01. The van der Waals surface area contributed by atoms with Gasteiger partial charge in [0.2, 0.25) is 0 Å². The Morgan fingerprint density at radius 2 is 1.92 bits per heavy atom. The molecule has 0 aliphatic carbocycles. The summed E-state index contributed by atoms with van der Waals surface area (Å²) in [4.78, 5) is 16.6. The maximum absolute atomic E-state index is 11.8. The molecule has 0 saturated carbocycles. The summed E-state index contributed by atoms with van der Waals surface area (Å²) in [6, 6.07) is 16.0. The minimum atomic E-state index is -0.350. The number of methoxy groups -OCH3 is 1. The molecule has 0 fully saturated rings. The summed E-state index contributed by atoms with van der Waals surface area (Å²) < 4.78 is 9.13. The highest BCUT2D eigenvalue weighted by Gasteiger charge is 2.17. The van der Waals surface area contributed by atoms with Crippen LogP contribution in [0.15, 0.2) is 48.5 Å². The number of hydrogen-bond acceptors (Lipinski definition) is 3. The van der Waals surface area contributed by atoms with Crippen molar-refractivity contribution in [3.8, 4) is 11.5 Å². The molecule has 0 atom stereocenters. The van der Waals surface area contributed by atoms with Crippen LogP contribution < -0.4 is 0 Å². The van der Waals surface area contributed by atoms with Crippen LogP contribution in [0.3, 0.4) is 0 Å². The third-order valence-corrected chi connectivity index (χ3v) is 4.66. The minimum absolute atomic E-state index is 0.350. The number of carbonyl (C=O) groups is 1. The van der Waals surface area contributed by atoms with Crippen LogP contribution in [0.5, 0.6) is 0 Å². The van der Waals surface area contributed by atoms with Crippen LogP contribution >= 0.6 is 0 Å². The second-order valence-electron chi connectivity index (χ2n) is 6.02. The first-order valence-electron chi connectivity index (χ1n) is 8.27. The lowest BCUT2D eigenvalue weighted by molar-refractivity contribution is 0.0601. The Morgan fingerprint density at radius 3 is 2.68 bits per heavy atom. The highest BCUT2D eigenvalue weighted by atomic mass is 16.5. The quantitative estimate of drug-likeness (QED) is 0.532. The molecule has 0 aliphatic rings. The highest BCUT2D eigenvalue weighted by molar-refractivity contribution is 5.95. The van der Waals surface area contributed by atoms with Gasteiger partial charge < -0.3 is 13.9 Å². The standard InChI is InChI=1S/C20H19N3O2/c1-4-23-16-8-6-5-7-13(16)12-18(23)19-21-15-11-14(20(24)25-3)9-10-17(15)22(19)2/h5-12H,4H2,1-3H3. The Morgan fingerprint density at radius 1 is 1.12 bits per heavy atom. The van der Waals surface area contributed by atoms with Gasteiger partial charge in [-0.1, -0.05) is 18.2 Å². The van der Waals surface area contributed by atoms with Crippen molar-refractivity contribution in [2.75, 3.05) is 7.11 Å². The molecular weight excluding hydrogens is 314 g/mol. The maximum atomic E-state index is 11.8. The number of aromatic nitrogens is 3. The number of benzene rings is 2. The molecule has 4 rings (SSSR count). The topological polar surface area (TPSA) is 49.1 Å². The van der Waals surface area contributed by atoms with Crippen LogP contribution in [0.1, 0.15) is 17.3 Å². The van der Waals surface area contributed by atoms with Crippen LogP contribution in [0.25, 0.3) is 33.5 Å². The average Bonchev–Trinajstić information content (AvgIpc) is 3.18. The Labute approximate surface area is 145 Å². The van der Waals surface area contributed by atoms with Gasteiger partial charge in [0.05, 0.1) is 29.4 Å². The number of nitrogens with zero attached hydrogens (tertiary/aromatic N) is 3. The van der Waals surface area contributed by atoms with Crippen molar-refractivity contribution in [2.45, 2.75) is 13.5 Å². The fourth-order valence-corrected chi connectivity index (χ4v) is 3.41. The first-order chi connectivity index (χ1) is 12.1. The van der Waals surface area contributed by atoms with Crippen molar-refractivity contribution in [3.63, 3.8) is 0 Å². The number of carbonyl (C=O) groups excluding carboxylic acids is 1. The van der Waals surface area contributed by atoms with E-state index in [0.717, 1.165) is 29.1 Å². The Bertz CT molecular complexity index is 1100. The molecule has 4 aromatic rings. The van der Waals surface area contributed by atoms with Crippen molar-refractivity contribution >= 4 is 27.9 Å². The molecule has 25 heavy (non-hydrogen) atoms. The molecule has 0 aliphatic heterocycles. The lowest BCUT2D eigenvalue weighted by Gasteiger charge is -2.08. The van der Waals surface area contributed by atoms with E-state index in [0.29, 0.717) is 5.56 Å². The van der Waals surface area contributed by atoms with Gasteiger partial charge in [-0.15, -0.1) is 0 Å². The van der Waals surface area contributed by atoms with Crippen molar-refractivity contribution in [1.29, 1.82) is 0 Å². The molecule has 0 spiro atoms. The highest BCUT2D eigenvalue weighted by Crippen LogP contribution is 2.30. The first kappa shape index (κ1) is 15.4. The molecule has 126 valence electrons. The molecule has 5 heteroatoms. The van der Waals surface area contributed by atoms with Crippen LogP contribution in [-0.2, 0) is 18.3 Å². The number of hydrogen-bond donors (Lipinski definition) is 0. The molecule has 2 heterocycles. The number of ether oxygens (including phenoxy) is 1. The fraction of sp³-hybridized carbons (Fsp3) is 0.200. The maximum Gasteiger partial charge on any atom is 0.337 e. The smallest absolute Gasteiger partial charge is 0.337 e. The molecule has 0 amide bonds. The summed E-state index contributed by atoms with van der Waals surface area (Å²) in [5.41, 5.74) is 4.55. The van der Waals surface area contributed by atoms with E-state index in [9.17, 15) is 4.79 Å². The van der Waals surface area contributed by atoms with E-state index >= 15 is 0 Å². The van der Waals surface area contributed by atoms with Crippen molar-refractivity contribution in [3.05, 3.63) is 54.1 Å². The molecule has 0 saturated heterocycles. The number of rotatable bonds is 3. The van der Waals surface area contributed by atoms with Crippen LogP contribution in [-0.4, -0.2) is 27.2 Å². The van der Waals surface area contributed by atoms with Gasteiger partial charge in [-0.2, -0.15) is 0 Å². The van der Waals surface area contributed by atoms with Crippen LogP contribution in [0, 0.1) is 0 Å². The van der Waals surface area contributed by atoms with Gasteiger partial charge in [-0.05, 0) is 37.3 Å². The summed E-state index contributed by atoms with van der Waals surface area (Å²) in [5.74, 6) is 0.534. The van der Waals surface area contributed by atoms with E-state index in [1.807, 2.05) is 19.2 Å². The Hall–Kier alpha value is -3.08. The van der Waals surface area contributed by atoms with Crippen LogP contribution in [0.2, 0.25) is 0 Å². The summed E-state index contributed by atoms with van der Waals surface area (Å²) in [7, 11) is 3.39. The monoisotopic (exact) mass is 333 g/mol. The zero-order valence-corrected chi connectivity index (χ0v) is 14.5. The normalized spacial score (nSPS) is 11.3. The van der Waals surface area contributed by atoms with Gasteiger partial charge in [0.1, 0.15) is 0 Å². The SMILES string of the molecule is CCn1c(-c2nc3cc(C(=O)OC)ccc3n2C)cc2ccccc21. The summed E-state index contributed by atoms with van der Waals surface area (Å²) in [5, 5.41) is 1.20. The second-order valence-corrected chi connectivity index (χ2v) is 6.02. The van der Waals surface area contributed by atoms with Crippen molar-refractivity contribution < 1.29 is 9.53 Å². The van der Waals surface area contributed by atoms with Gasteiger partial charge in [-0.3, -0.25) is 0 Å². The van der Waals surface area contributed by atoms with E-state index in [1.54, 1.807) is 12.1 Å². The summed E-state index contributed by atoms with van der Waals surface area (Å²) in [6.45, 7) is 2.99. The molecule has 2 aromatic heterocycles. The van der Waals surface area contributed by atoms with E-state index in [4.69, 9.17) is 9.72 Å². The number of imidazole rings is 1. The predicted octanol–water partition coefficient (Wildman–Crippen LogP) is 4.00. The largest absolute Gasteiger partial charge is 0.465 e. The van der Waals surface area contributed by atoms with Gasteiger partial charge >= 0.3 is 5.97 Å². The summed E-state index contributed by atoms with van der Waals surface area (Å²) >= 11 is 0. The zero-order chi connectivity index (χ0) is 17.6. The zero-order valence-electron chi connectivity index (χ0n) is 14.5. The molecular formula is C20H19N3O2. The number of esters is 1. The lowest BCUT2D eigenvalue weighted by atomic mass is 10.2. The second kappa shape index (κ2) is 5.77. The number of fused-ring (bicyclic) bond motifs is 2. The predicted molar refractivity (Wildman–Crippen MR) is 98.7 cm³/mol. The molecule has 2 aromatic carbocycles. The fourth-order valence-electron chi connectivity index (χ4n) is 3.41. The number of para-hydroxylation sites is 1. The van der Waals surface area contributed by atoms with Crippen molar-refractivity contribution in [1.82, 2.24) is 14.1 Å². The van der Waals surface area contributed by atoms with Gasteiger partial charge in [0.25, 0.3) is 0 Å². The Balaban J connectivity index is 1.95. The molecule has 0 N–H and O–H groups in total. The number of aryl methyl sites for hydroxylation is 2. The minimum Gasteiger partial charge on any atom is -0.465 e. The third-order valence-electron chi connectivity index (χ3n) is 4.66.